The molecule has 27 heavy (non-hydrogen) atoms. The molecule has 2 rings (SSSR count). The Morgan fingerprint density at radius 1 is 1.19 bits per heavy atom. The van der Waals surface area contributed by atoms with E-state index in [-0.39, 0.29) is 12.2 Å². The van der Waals surface area contributed by atoms with E-state index in [0.29, 0.717) is 10.6 Å². The Hall–Kier alpha value is -2.73. The van der Waals surface area contributed by atoms with E-state index in [4.69, 9.17) is 16.3 Å². The van der Waals surface area contributed by atoms with Crippen LogP contribution in [-0.2, 0) is 14.3 Å². The summed E-state index contributed by atoms with van der Waals surface area (Å²) in [6, 6.07) is 8.67. The number of hydrogen-bond acceptors (Lipinski definition) is 3. The molecular formula is C20H18ClF2NO3. The zero-order chi connectivity index (χ0) is 20.0. The van der Waals surface area contributed by atoms with Gasteiger partial charge >= 0.3 is 5.97 Å². The molecule has 2 aromatic rings. The van der Waals surface area contributed by atoms with Crippen molar-refractivity contribution in [2.45, 2.75) is 13.0 Å². The molecule has 0 saturated carbocycles. The van der Waals surface area contributed by atoms with Crippen LogP contribution in [0.4, 0.5) is 8.78 Å². The summed E-state index contributed by atoms with van der Waals surface area (Å²) >= 11 is 5.90. The normalized spacial score (nSPS) is 12.0. The number of ether oxygens (including phenoxy) is 1. The maximum atomic E-state index is 13.6. The van der Waals surface area contributed by atoms with Crippen molar-refractivity contribution in [1.82, 2.24) is 4.90 Å². The summed E-state index contributed by atoms with van der Waals surface area (Å²) in [4.78, 5) is 25.9. The third-order valence-corrected chi connectivity index (χ3v) is 4.01. The van der Waals surface area contributed by atoms with Crippen molar-refractivity contribution >= 4 is 29.6 Å². The van der Waals surface area contributed by atoms with E-state index in [0.717, 1.165) is 17.0 Å². The maximum absolute atomic E-state index is 13.6. The Morgan fingerprint density at radius 2 is 1.93 bits per heavy atom. The minimum Gasteiger partial charge on any atom is -0.464 e. The molecule has 1 atom stereocenters. The molecule has 1 unspecified atom stereocenters. The SMILES string of the molecule is CCOC(=O)C(c1ccc(F)c(F)c1)N(C)C(=O)C=Cc1cccc(Cl)c1. The average Bonchev–Trinajstić information content (AvgIpc) is 2.63. The zero-order valence-electron chi connectivity index (χ0n) is 14.8. The lowest BCUT2D eigenvalue weighted by atomic mass is 10.0. The fourth-order valence-corrected chi connectivity index (χ4v) is 2.64. The first-order chi connectivity index (χ1) is 12.8. The summed E-state index contributed by atoms with van der Waals surface area (Å²) in [7, 11) is 1.38. The van der Waals surface area contributed by atoms with Crippen LogP contribution in [0.2, 0.25) is 5.02 Å². The Labute approximate surface area is 161 Å². The van der Waals surface area contributed by atoms with Gasteiger partial charge in [0.25, 0.3) is 0 Å². The number of nitrogens with zero attached hydrogens (tertiary/aromatic N) is 1. The van der Waals surface area contributed by atoms with Gasteiger partial charge in [-0.05, 0) is 48.4 Å². The topological polar surface area (TPSA) is 46.6 Å². The predicted octanol–water partition coefficient (Wildman–Crippen LogP) is 4.39. The molecule has 0 fully saturated rings. The van der Waals surface area contributed by atoms with Crippen LogP contribution >= 0.6 is 11.6 Å². The summed E-state index contributed by atoms with van der Waals surface area (Å²) in [5.41, 5.74) is 0.809. The van der Waals surface area contributed by atoms with Gasteiger partial charge in [-0.3, -0.25) is 4.79 Å². The molecule has 0 spiro atoms. The highest BCUT2D eigenvalue weighted by Crippen LogP contribution is 2.24. The number of amides is 1. The van der Waals surface area contributed by atoms with Gasteiger partial charge in [0.15, 0.2) is 17.7 Å². The van der Waals surface area contributed by atoms with Crippen LogP contribution in [0, 0.1) is 11.6 Å². The molecule has 0 heterocycles. The van der Waals surface area contributed by atoms with Gasteiger partial charge < -0.3 is 9.64 Å². The number of likely N-dealkylation sites (N-methyl/N-ethyl adjacent to an activating group) is 1. The first-order valence-corrected chi connectivity index (χ1v) is 8.53. The molecule has 0 N–H and O–H groups in total. The number of hydrogen-bond donors (Lipinski definition) is 0. The summed E-state index contributed by atoms with van der Waals surface area (Å²) < 4.78 is 31.8. The molecule has 2 aromatic carbocycles. The van der Waals surface area contributed by atoms with Gasteiger partial charge in [0.1, 0.15) is 0 Å². The largest absolute Gasteiger partial charge is 0.464 e. The molecule has 0 radical (unpaired) electrons. The third-order valence-electron chi connectivity index (χ3n) is 3.77. The van der Waals surface area contributed by atoms with Crippen molar-refractivity contribution in [2.24, 2.45) is 0 Å². The second-order valence-corrected chi connectivity index (χ2v) is 6.10. The number of carbonyl (C=O) groups is 2. The van der Waals surface area contributed by atoms with Gasteiger partial charge in [-0.2, -0.15) is 0 Å². The first kappa shape index (κ1) is 20.6. The van der Waals surface area contributed by atoms with Crippen molar-refractivity contribution in [3.05, 3.63) is 76.3 Å². The summed E-state index contributed by atoms with van der Waals surface area (Å²) in [5.74, 6) is -3.42. The van der Waals surface area contributed by atoms with E-state index in [1.165, 1.54) is 25.3 Å². The third kappa shape index (κ3) is 5.37. The van der Waals surface area contributed by atoms with E-state index >= 15 is 0 Å². The van der Waals surface area contributed by atoms with Crippen LogP contribution in [0.25, 0.3) is 6.08 Å². The Morgan fingerprint density at radius 3 is 2.56 bits per heavy atom. The lowest BCUT2D eigenvalue weighted by Gasteiger charge is -2.26. The van der Waals surface area contributed by atoms with Crippen LogP contribution in [0.3, 0.4) is 0 Å². The molecular weight excluding hydrogens is 376 g/mol. The minimum absolute atomic E-state index is 0.0827. The van der Waals surface area contributed by atoms with Gasteiger partial charge in [0.05, 0.1) is 6.61 Å². The van der Waals surface area contributed by atoms with Gasteiger partial charge in [-0.25, -0.2) is 13.6 Å². The number of esters is 1. The number of rotatable bonds is 6. The molecule has 0 aliphatic rings. The lowest BCUT2D eigenvalue weighted by Crippen LogP contribution is -2.36. The fraction of sp³-hybridized carbons (Fsp3) is 0.200. The molecule has 0 aliphatic heterocycles. The highest BCUT2D eigenvalue weighted by atomic mass is 35.5. The Bertz CT molecular complexity index is 870. The number of carbonyl (C=O) groups excluding carboxylic acids is 2. The van der Waals surface area contributed by atoms with E-state index < -0.39 is 29.6 Å². The van der Waals surface area contributed by atoms with Gasteiger partial charge in [0, 0.05) is 18.1 Å². The van der Waals surface area contributed by atoms with Crippen molar-refractivity contribution in [3.63, 3.8) is 0 Å². The second kappa shape index (κ2) is 9.28. The molecule has 0 aliphatic carbocycles. The molecule has 1 amide bonds. The van der Waals surface area contributed by atoms with Crippen LogP contribution in [0.5, 0.6) is 0 Å². The van der Waals surface area contributed by atoms with E-state index in [9.17, 15) is 18.4 Å². The quantitative estimate of drug-likeness (QED) is 0.540. The van der Waals surface area contributed by atoms with E-state index in [2.05, 4.69) is 0 Å². The van der Waals surface area contributed by atoms with Crippen LogP contribution in [0.1, 0.15) is 24.1 Å². The van der Waals surface area contributed by atoms with Crippen LogP contribution in [-0.4, -0.2) is 30.4 Å². The predicted molar refractivity (Wildman–Crippen MR) is 99.0 cm³/mol. The minimum atomic E-state index is -1.21. The molecule has 0 aromatic heterocycles. The van der Waals surface area contributed by atoms with Crippen LogP contribution in [0.15, 0.2) is 48.5 Å². The number of halogens is 3. The standard InChI is InChI=1S/C20H18ClF2NO3/c1-3-27-20(26)19(14-8-9-16(22)17(23)12-14)24(2)18(25)10-7-13-5-4-6-15(21)11-13/h4-12,19H,3H2,1-2H3. The van der Waals surface area contributed by atoms with E-state index in [1.807, 2.05) is 0 Å². The average molecular weight is 394 g/mol. The molecule has 0 saturated heterocycles. The summed E-state index contributed by atoms with van der Waals surface area (Å²) in [5, 5.41) is 0.518. The second-order valence-electron chi connectivity index (χ2n) is 5.67. The summed E-state index contributed by atoms with van der Waals surface area (Å²) in [6.07, 6.45) is 2.80. The highest BCUT2D eigenvalue weighted by Gasteiger charge is 2.29. The van der Waals surface area contributed by atoms with Gasteiger partial charge in [0.2, 0.25) is 5.91 Å². The maximum Gasteiger partial charge on any atom is 0.333 e. The van der Waals surface area contributed by atoms with Crippen LogP contribution < -0.4 is 0 Å². The molecule has 142 valence electrons. The Kier molecular flexibility index (Phi) is 7.07. The van der Waals surface area contributed by atoms with Crippen molar-refractivity contribution in [1.29, 1.82) is 0 Å². The monoisotopic (exact) mass is 393 g/mol. The van der Waals surface area contributed by atoms with Crippen molar-refractivity contribution in [2.75, 3.05) is 13.7 Å². The van der Waals surface area contributed by atoms with E-state index in [1.54, 1.807) is 31.2 Å². The highest BCUT2D eigenvalue weighted by molar-refractivity contribution is 6.30. The first-order valence-electron chi connectivity index (χ1n) is 8.15. The lowest BCUT2D eigenvalue weighted by molar-refractivity contribution is -0.152. The summed E-state index contributed by atoms with van der Waals surface area (Å²) in [6.45, 7) is 1.69. The smallest absolute Gasteiger partial charge is 0.333 e. The molecule has 7 heteroatoms. The van der Waals surface area contributed by atoms with Gasteiger partial charge in [-0.1, -0.05) is 29.8 Å². The zero-order valence-corrected chi connectivity index (χ0v) is 15.5. The van der Waals surface area contributed by atoms with Crippen molar-refractivity contribution < 1.29 is 23.1 Å². The fourth-order valence-electron chi connectivity index (χ4n) is 2.44. The number of benzene rings is 2. The molecule has 0 bridgehead atoms. The Balaban J connectivity index is 2.29. The molecule has 4 nitrogen and oxygen atoms in total. The van der Waals surface area contributed by atoms with Gasteiger partial charge in [-0.15, -0.1) is 0 Å². The van der Waals surface area contributed by atoms with Crippen molar-refractivity contribution in [3.8, 4) is 0 Å².